The number of halogens is 1. The van der Waals surface area contributed by atoms with Crippen LogP contribution in [0.15, 0.2) is 48.5 Å². The van der Waals surface area contributed by atoms with E-state index in [9.17, 15) is 8.42 Å². The average molecular weight is 366 g/mol. The lowest BCUT2D eigenvalue weighted by Gasteiger charge is -2.14. The second kappa shape index (κ2) is 7.45. The van der Waals surface area contributed by atoms with Crippen LogP contribution in [0, 0.1) is 0 Å². The molecule has 2 aromatic carbocycles. The molecule has 0 saturated heterocycles. The highest BCUT2D eigenvalue weighted by Crippen LogP contribution is 2.25. The normalized spacial score (nSPS) is 15.4. The van der Waals surface area contributed by atoms with Gasteiger partial charge in [-0.1, -0.05) is 29.8 Å². The Hall–Kier alpha value is -1.72. The molecule has 2 aromatic rings. The third-order valence-corrected chi connectivity index (χ3v) is 5.64. The Morgan fingerprint density at radius 2 is 1.71 bits per heavy atom. The summed E-state index contributed by atoms with van der Waals surface area (Å²) in [5, 5.41) is 0.447. The first-order valence-corrected chi connectivity index (χ1v) is 10.1. The quantitative estimate of drug-likeness (QED) is 0.813. The van der Waals surface area contributed by atoms with Gasteiger partial charge >= 0.3 is 0 Å². The molecule has 4 nitrogen and oxygen atoms in total. The second-order valence-corrected chi connectivity index (χ2v) is 8.13. The molecule has 1 N–H and O–H groups in total. The molecule has 24 heavy (non-hydrogen) atoms. The van der Waals surface area contributed by atoms with Gasteiger partial charge in [-0.15, -0.1) is 0 Å². The highest BCUT2D eigenvalue weighted by Gasteiger charge is 2.17. The topological polar surface area (TPSA) is 55.4 Å². The number of hydrogen-bond acceptors (Lipinski definition) is 3. The zero-order chi connectivity index (χ0) is 17.0. The van der Waals surface area contributed by atoms with Crippen LogP contribution in [0.25, 0.3) is 0 Å². The van der Waals surface area contributed by atoms with E-state index >= 15 is 0 Å². The van der Waals surface area contributed by atoms with Crippen LogP contribution in [0.1, 0.15) is 31.2 Å². The number of nitrogens with one attached hydrogen (secondary N) is 1. The van der Waals surface area contributed by atoms with E-state index in [1.165, 1.54) is 12.8 Å². The summed E-state index contributed by atoms with van der Waals surface area (Å²) in [4.78, 5) is 0. The van der Waals surface area contributed by atoms with Crippen molar-refractivity contribution in [2.24, 2.45) is 0 Å². The predicted octanol–water partition coefficient (Wildman–Crippen LogP) is 4.60. The minimum Gasteiger partial charge on any atom is -0.490 e. The van der Waals surface area contributed by atoms with Crippen molar-refractivity contribution >= 4 is 27.3 Å². The molecule has 3 rings (SSSR count). The van der Waals surface area contributed by atoms with Gasteiger partial charge in [0.2, 0.25) is 10.0 Å². The number of hydrogen-bond donors (Lipinski definition) is 1. The summed E-state index contributed by atoms with van der Waals surface area (Å²) >= 11 is 6.03. The molecular weight excluding hydrogens is 346 g/mol. The largest absolute Gasteiger partial charge is 0.490 e. The van der Waals surface area contributed by atoms with Crippen molar-refractivity contribution in [2.45, 2.75) is 37.5 Å². The summed E-state index contributed by atoms with van der Waals surface area (Å²) in [7, 11) is -3.52. The molecule has 6 heteroatoms. The minimum absolute atomic E-state index is 0.160. The third kappa shape index (κ3) is 4.65. The zero-order valence-corrected chi connectivity index (χ0v) is 14.8. The van der Waals surface area contributed by atoms with Crippen LogP contribution in [-0.2, 0) is 15.8 Å². The van der Waals surface area contributed by atoms with Gasteiger partial charge in [-0.25, -0.2) is 8.42 Å². The minimum atomic E-state index is -3.52. The number of benzene rings is 2. The van der Waals surface area contributed by atoms with Gasteiger partial charge in [0, 0.05) is 10.7 Å². The van der Waals surface area contributed by atoms with Gasteiger partial charge in [-0.2, -0.15) is 0 Å². The third-order valence-electron chi connectivity index (χ3n) is 4.04. The summed E-state index contributed by atoms with van der Waals surface area (Å²) in [5.41, 5.74) is 1.09. The van der Waals surface area contributed by atoms with Crippen molar-refractivity contribution in [3.63, 3.8) is 0 Å². The van der Waals surface area contributed by atoms with Gasteiger partial charge in [-0.3, -0.25) is 4.72 Å². The van der Waals surface area contributed by atoms with E-state index in [4.69, 9.17) is 16.3 Å². The monoisotopic (exact) mass is 365 g/mol. The number of anilines is 1. The van der Waals surface area contributed by atoms with E-state index in [-0.39, 0.29) is 11.9 Å². The standard InChI is InChI=1S/C18H20ClNO3S/c19-18-8-4-1-5-14(18)13-24(21,22)20-15-9-11-17(12-10-15)23-16-6-2-3-7-16/h1,4-5,8-12,16,20H,2-3,6-7,13H2. The number of ether oxygens (including phenoxy) is 1. The first-order valence-electron chi connectivity index (χ1n) is 8.02. The first kappa shape index (κ1) is 17.1. The Morgan fingerprint density at radius 3 is 2.38 bits per heavy atom. The lowest BCUT2D eigenvalue weighted by atomic mass is 10.2. The molecule has 1 fully saturated rings. The van der Waals surface area contributed by atoms with Crippen LogP contribution in [-0.4, -0.2) is 14.5 Å². The Morgan fingerprint density at radius 1 is 1.04 bits per heavy atom. The summed E-state index contributed by atoms with van der Waals surface area (Å²) in [5.74, 6) is 0.614. The second-order valence-electron chi connectivity index (χ2n) is 6.00. The van der Waals surface area contributed by atoms with Gasteiger partial charge in [0.05, 0.1) is 11.9 Å². The first-order chi connectivity index (χ1) is 11.5. The predicted molar refractivity (Wildman–Crippen MR) is 97.0 cm³/mol. The lowest BCUT2D eigenvalue weighted by molar-refractivity contribution is 0.210. The fraction of sp³-hybridized carbons (Fsp3) is 0.333. The fourth-order valence-corrected chi connectivity index (χ4v) is 4.35. The summed E-state index contributed by atoms with van der Waals surface area (Å²) in [6, 6.07) is 14.0. The molecule has 1 aliphatic carbocycles. The van der Waals surface area contributed by atoms with Gasteiger partial charge in [0.25, 0.3) is 0 Å². The summed E-state index contributed by atoms with van der Waals surface area (Å²) < 4.78 is 33.0. The van der Waals surface area contributed by atoms with Crippen molar-refractivity contribution in [3.05, 3.63) is 59.1 Å². The summed E-state index contributed by atoms with van der Waals surface area (Å²) in [6.45, 7) is 0. The van der Waals surface area contributed by atoms with Crippen LogP contribution in [0.4, 0.5) is 5.69 Å². The highest BCUT2D eigenvalue weighted by atomic mass is 35.5. The molecule has 0 spiro atoms. The molecule has 0 unspecified atom stereocenters. The highest BCUT2D eigenvalue weighted by molar-refractivity contribution is 7.91. The van der Waals surface area contributed by atoms with Crippen LogP contribution in [0.3, 0.4) is 0 Å². The van der Waals surface area contributed by atoms with Gasteiger partial charge in [-0.05, 0) is 61.6 Å². The fourth-order valence-electron chi connectivity index (χ4n) is 2.84. The molecule has 0 heterocycles. The van der Waals surface area contributed by atoms with Crippen LogP contribution in [0.2, 0.25) is 5.02 Å². The molecule has 0 aliphatic heterocycles. The molecule has 0 atom stereocenters. The van der Waals surface area contributed by atoms with Crippen LogP contribution < -0.4 is 9.46 Å². The molecule has 0 radical (unpaired) electrons. The maximum absolute atomic E-state index is 12.3. The van der Waals surface area contributed by atoms with Crippen molar-refractivity contribution in [1.82, 2.24) is 0 Å². The van der Waals surface area contributed by atoms with Crippen molar-refractivity contribution in [3.8, 4) is 5.75 Å². The van der Waals surface area contributed by atoms with Crippen molar-refractivity contribution < 1.29 is 13.2 Å². The smallest absolute Gasteiger partial charge is 0.236 e. The van der Waals surface area contributed by atoms with Crippen LogP contribution in [0.5, 0.6) is 5.75 Å². The Kier molecular flexibility index (Phi) is 5.31. The average Bonchev–Trinajstić information content (AvgIpc) is 3.04. The van der Waals surface area contributed by atoms with Crippen molar-refractivity contribution in [1.29, 1.82) is 0 Å². The Bertz CT molecular complexity index is 784. The Labute approximate surface area is 147 Å². The van der Waals surface area contributed by atoms with Gasteiger partial charge in [0.1, 0.15) is 5.75 Å². The lowest BCUT2D eigenvalue weighted by Crippen LogP contribution is -2.15. The van der Waals surface area contributed by atoms with E-state index in [0.717, 1.165) is 18.6 Å². The molecular formula is C18H20ClNO3S. The molecule has 0 bridgehead atoms. The van der Waals surface area contributed by atoms with E-state index in [1.807, 2.05) is 0 Å². The molecule has 1 saturated carbocycles. The molecule has 1 aliphatic rings. The maximum Gasteiger partial charge on any atom is 0.236 e. The SMILES string of the molecule is O=S(=O)(Cc1ccccc1Cl)Nc1ccc(OC2CCCC2)cc1. The number of rotatable bonds is 6. The van der Waals surface area contributed by atoms with Crippen LogP contribution >= 0.6 is 11.6 Å². The van der Waals surface area contributed by atoms with E-state index in [0.29, 0.717) is 16.3 Å². The van der Waals surface area contributed by atoms with Crippen molar-refractivity contribution in [2.75, 3.05) is 4.72 Å². The van der Waals surface area contributed by atoms with E-state index in [2.05, 4.69) is 4.72 Å². The van der Waals surface area contributed by atoms with E-state index in [1.54, 1.807) is 48.5 Å². The Balaban J connectivity index is 1.63. The maximum atomic E-state index is 12.3. The molecule has 0 amide bonds. The molecule has 0 aromatic heterocycles. The summed E-state index contributed by atoms with van der Waals surface area (Å²) in [6.07, 6.45) is 4.89. The zero-order valence-electron chi connectivity index (χ0n) is 13.2. The van der Waals surface area contributed by atoms with Gasteiger partial charge < -0.3 is 4.74 Å². The number of sulfonamides is 1. The van der Waals surface area contributed by atoms with E-state index < -0.39 is 10.0 Å². The molecule has 128 valence electrons. The van der Waals surface area contributed by atoms with Gasteiger partial charge in [0.15, 0.2) is 0 Å².